The van der Waals surface area contributed by atoms with E-state index in [1.165, 1.54) is 10.4 Å². The quantitative estimate of drug-likeness (QED) is 0.659. The van der Waals surface area contributed by atoms with Crippen LogP contribution in [0.3, 0.4) is 0 Å². The van der Waals surface area contributed by atoms with Gasteiger partial charge in [0.1, 0.15) is 4.83 Å². The topological polar surface area (TPSA) is 55.2 Å². The average Bonchev–Trinajstić information content (AvgIpc) is 3.05. The molecule has 2 heterocycles. The summed E-state index contributed by atoms with van der Waals surface area (Å²) in [6.07, 6.45) is 7.01. The molecule has 0 aromatic carbocycles. The molecule has 2 aromatic heterocycles. The first-order valence-electron chi connectivity index (χ1n) is 11.0. The lowest BCUT2D eigenvalue weighted by molar-refractivity contribution is -0.131. The predicted octanol–water partition coefficient (Wildman–Crippen LogP) is 4.65. The second kappa shape index (κ2) is 8.99. The Morgan fingerprint density at radius 2 is 1.97 bits per heavy atom. The maximum absolute atomic E-state index is 13.2. The monoisotopic (exact) mass is 417 g/mol. The SMILES string of the molecule is CCCN(CCC)C(=O)CCn1cnc2sc3c(c2c1=O)CCC(C(C)(C)C)C3. The number of hydrogen-bond donors (Lipinski definition) is 0. The maximum Gasteiger partial charge on any atom is 0.262 e. The number of fused-ring (bicyclic) bond motifs is 3. The molecule has 0 N–H and O–H groups in total. The first-order chi connectivity index (χ1) is 13.8. The summed E-state index contributed by atoms with van der Waals surface area (Å²) in [5.41, 5.74) is 1.51. The van der Waals surface area contributed by atoms with Crippen LogP contribution in [0.4, 0.5) is 0 Å². The van der Waals surface area contributed by atoms with Gasteiger partial charge in [-0.15, -0.1) is 11.3 Å². The van der Waals surface area contributed by atoms with Crippen molar-refractivity contribution in [3.63, 3.8) is 0 Å². The number of nitrogens with zero attached hydrogens (tertiary/aromatic N) is 3. The summed E-state index contributed by atoms with van der Waals surface area (Å²) in [6, 6.07) is 0. The lowest BCUT2D eigenvalue weighted by atomic mass is 9.72. The van der Waals surface area contributed by atoms with E-state index in [2.05, 4.69) is 39.6 Å². The molecule has 1 unspecified atom stereocenters. The predicted molar refractivity (Wildman–Crippen MR) is 121 cm³/mol. The van der Waals surface area contributed by atoms with Gasteiger partial charge >= 0.3 is 0 Å². The third-order valence-electron chi connectivity index (χ3n) is 6.17. The van der Waals surface area contributed by atoms with Crippen LogP contribution in [-0.2, 0) is 24.2 Å². The number of aryl methyl sites for hydroxylation is 2. The zero-order valence-electron chi connectivity index (χ0n) is 18.6. The van der Waals surface area contributed by atoms with E-state index in [1.54, 1.807) is 22.2 Å². The Labute approximate surface area is 178 Å². The second-order valence-corrected chi connectivity index (χ2v) is 10.4. The van der Waals surface area contributed by atoms with Crippen molar-refractivity contribution in [1.82, 2.24) is 14.5 Å². The van der Waals surface area contributed by atoms with E-state index in [9.17, 15) is 9.59 Å². The van der Waals surface area contributed by atoms with Crippen LogP contribution in [0.15, 0.2) is 11.1 Å². The molecule has 1 amide bonds. The van der Waals surface area contributed by atoms with Crippen LogP contribution in [0.25, 0.3) is 10.2 Å². The van der Waals surface area contributed by atoms with Crippen LogP contribution in [-0.4, -0.2) is 33.4 Å². The van der Waals surface area contributed by atoms with Crippen LogP contribution in [0.5, 0.6) is 0 Å². The van der Waals surface area contributed by atoms with E-state index < -0.39 is 0 Å². The molecule has 5 nitrogen and oxygen atoms in total. The fourth-order valence-electron chi connectivity index (χ4n) is 4.37. The highest BCUT2D eigenvalue weighted by atomic mass is 32.1. The van der Waals surface area contributed by atoms with Crippen LogP contribution in [0, 0.1) is 11.3 Å². The van der Waals surface area contributed by atoms with Crippen molar-refractivity contribution in [3.8, 4) is 0 Å². The third-order valence-corrected chi connectivity index (χ3v) is 7.33. The Kier molecular flexibility index (Phi) is 6.82. The van der Waals surface area contributed by atoms with Crippen molar-refractivity contribution < 1.29 is 4.79 Å². The van der Waals surface area contributed by atoms with Crippen molar-refractivity contribution in [1.29, 1.82) is 0 Å². The van der Waals surface area contributed by atoms with E-state index in [0.29, 0.717) is 18.9 Å². The Hall–Kier alpha value is -1.69. The van der Waals surface area contributed by atoms with Gasteiger partial charge in [-0.1, -0.05) is 34.6 Å². The lowest BCUT2D eigenvalue weighted by Crippen LogP contribution is -2.34. The molecule has 2 aromatic rings. The number of rotatable bonds is 7. The third kappa shape index (κ3) is 4.73. The van der Waals surface area contributed by atoms with Gasteiger partial charge in [0, 0.05) is 30.9 Å². The van der Waals surface area contributed by atoms with Gasteiger partial charge in [-0.25, -0.2) is 4.98 Å². The van der Waals surface area contributed by atoms with Crippen LogP contribution in [0.1, 0.15) is 70.7 Å². The first kappa shape index (κ1) is 22.0. The molecule has 1 atom stereocenters. The molecule has 29 heavy (non-hydrogen) atoms. The zero-order chi connectivity index (χ0) is 21.2. The number of carbonyl (C=O) groups excluding carboxylic acids is 1. The summed E-state index contributed by atoms with van der Waals surface area (Å²) in [5, 5.41) is 0.797. The van der Waals surface area contributed by atoms with E-state index in [0.717, 1.165) is 55.4 Å². The summed E-state index contributed by atoms with van der Waals surface area (Å²) in [5.74, 6) is 0.770. The molecule has 3 rings (SSSR count). The minimum atomic E-state index is 0.0204. The molecule has 0 fully saturated rings. The fourth-order valence-corrected chi connectivity index (χ4v) is 5.63. The molecule has 0 saturated heterocycles. The van der Waals surface area contributed by atoms with E-state index >= 15 is 0 Å². The van der Waals surface area contributed by atoms with Crippen molar-refractivity contribution in [3.05, 3.63) is 27.1 Å². The van der Waals surface area contributed by atoms with Crippen molar-refractivity contribution in [2.24, 2.45) is 11.3 Å². The Morgan fingerprint density at radius 3 is 2.59 bits per heavy atom. The molecular weight excluding hydrogens is 382 g/mol. The van der Waals surface area contributed by atoms with Gasteiger partial charge in [-0.2, -0.15) is 0 Å². The van der Waals surface area contributed by atoms with E-state index in [1.807, 2.05) is 4.90 Å². The van der Waals surface area contributed by atoms with Crippen LogP contribution in [0.2, 0.25) is 0 Å². The largest absolute Gasteiger partial charge is 0.343 e. The van der Waals surface area contributed by atoms with Crippen LogP contribution < -0.4 is 5.56 Å². The van der Waals surface area contributed by atoms with Gasteiger partial charge in [-0.05, 0) is 49.0 Å². The zero-order valence-corrected chi connectivity index (χ0v) is 19.4. The molecule has 0 bridgehead atoms. The van der Waals surface area contributed by atoms with Crippen molar-refractivity contribution in [2.45, 2.75) is 79.7 Å². The number of thiophene rings is 1. The highest BCUT2D eigenvalue weighted by molar-refractivity contribution is 7.18. The highest BCUT2D eigenvalue weighted by Crippen LogP contribution is 2.41. The molecule has 0 spiro atoms. The fraction of sp³-hybridized carbons (Fsp3) is 0.696. The molecule has 160 valence electrons. The van der Waals surface area contributed by atoms with Gasteiger partial charge in [0.05, 0.1) is 11.7 Å². The van der Waals surface area contributed by atoms with Crippen molar-refractivity contribution in [2.75, 3.05) is 13.1 Å². The van der Waals surface area contributed by atoms with Gasteiger partial charge in [-0.3, -0.25) is 14.2 Å². The summed E-state index contributed by atoms with van der Waals surface area (Å²) >= 11 is 1.69. The standard InChI is InChI=1S/C23H35N3O2S/c1-6-11-25(12-7-2)19(27)10-13-26-15-24-21-20(22(26)28)17-9-8-16(23(3,4)5)14-18(17)29-21/h15-16H,6-14H2,1-5H3. The average molecular weight is 418 g/mol. The summed E-state index contributed by atoms with van der Waals surface area (Å²) < 4.78 is 1.64. The van der Waals surface area contributed by atoms with E-state index in [-0.39, 0.29) is 16.9 Å². The van der Waals surface area contributed by atoms with Crippen LogP contribution >= 0.6 is 11.3 Å². The Balaban J connectivity index is 1.81. The van der Waals surface area contributed by atoms with Gasteiger partial charge < -0.3 is 4.90 Å². The summed E-state index contributed by atoms with van der Waals surface area (Å²) in [7, 11) is 0. The molecular formula is C23H35N3O2S. The molecule has 0 saturated carbocycles. The maximum atomic E-state index is 13.2. The van der Waals surface area contributed by atoms with Gasteiger partial charge in [0.2, 0.25) is 5.91 Å². The number of amides is 1. The molecule has 0 aliphatic heterocycles. The molecule has 0 radical (unpaired) electrons. The molecule has 1 aliphatic rings. The molecule has 1 aliphatic carbocycles. The van der Waals surface area contributed by atoms with Crippen molar-refractivity contribution >= 4 is 27.5 Å². The highest BCUT2D eigenvalue weighted by Gasteiger charge is 2.31. The normalized spacial score (nSPS) is 16.8. The number of aromatic nitrogens is 2. The second-order valence-electron chi connectivity index (χ2n) is 9.36. The lowest BCUT2D eigenvalue weighted by Gasteiger charge is -2.33. The number of hydrogen-bond acceptors (Lipinski definition) is 4. The smallest absolute Gasteiger partial charge is 0.262 e. The summed E-state index contributed by atoms with van der Waals surface area (Å²) in [4.78, 5) is 34.4. The Morgan fingerprint density at radius 1 is 1.28 bits per heavy atom. The Bertz CT molecular complexity index is 917. The minimum Gasteiger partial charge on any atom is -0.343 e. The molecule has 6 heteroatoms. The van der Waals surface area contributed by atoms with Gasteiger partial charge in [0.25, 0.3) is 5.56 Å². The summed E-state index contributed by atoms with van der Waals surface area (Å²) in [6.45, 7) is 13.1. The van der Waals surface area contributed by atoms with Gasteiger partial charge in [0.15, 0.2) is 0 Å². The first-order valence-corrected chi connectivity index (χ1v) is 11.8. The number of carbonyl (C=O) groups is 1. The minimum absolute atomic E-state index is 0.0204. The van der Waals surface area contributed by atoms with E-state index in [4.69, 9.17) is 0 Å².